The lowest BCUT2D eigenvalue weighted by Crippen LogP contribution is -2.39. The molecule has 0 atom stereocenters. The van der Waals surface area contributed by atoms with E-state index in [1.54, 1.807) is 6.92 Å². The Hall–Kier alpha value is -1.57. The standard InChI is InChI=1S/C12H17F3N4O/c1-7(18-8-2-4-17-5-3-8)10-11(16)19-9(20-10)6-12(13,14)15/h8,16-18H,2-6H2,1H3/b10-7-,16-11?. The van der Waals surface area contributed by atoms with E-state index in [1.165, 1.54) is 0 Å². The second-order valence-corrected chi connectivity index (χ2v) is 4.87. The van der Waals surface area contributed by atoms with Crippen molar-refractivity contribution in [2.45, 2.75) is 38.4 Å². The third-order valence-electron chi connectivity index (χ3n) is 3.12. The molecule has 8 heteroatoms. The molecule has 0 aromatic heterocycles. The predicted molar refractivity (Wildman–Crippen MR) is 68.6 cm³/mol. The lowest BCUT2D eigenvalue weighted by molar-refractivity contribution is -0.123. The summed E-state index contributed by atoms with van der Waals surface area (Å²) < 4.78 is 41.9. The molecule has 0 aliphatic carbocycles. The van der Waals surface area contributed by atoms with Crippen LogP contribution in [0.4, 0.5) is 13.2 Å². The van der Waals surface area contributed by atoms with Gasteiger partial charge in [-0.1, -0.05) is 0 Å². The van der Waals surface area contributed by atoms with Gasteiger partial charge >= 0.3 is 6.18 Å². The van der Waals surface area contributed by atoms with E-state index in [0.717, 1.165) is 25.9 Å². The Morgan fingerprint density at radius 2 is 2.10 bits per heavy atom. The van der Waals surface area contributed by atoms with Crippen LogP contribution in [0.3, 0.4) is 0 Å². The molecule has 0 saturated carbocycles. The Morgan fingerprint density at radius 1 is 1.45 bits per heavy atom. The molecular formula is C12H17F3N4O. The number of piperidine rings is 1. The first-order valence-corrected chi connectivity index (χ1v) is 6.44. The van der Waals surface area contributed by atoms with Gasteiger partial charge in [-0.2, -0.15) is 18.2 Å². The second-order valence-electron chi connectivity index (χ2n) is 4.87. The van der Waals surface area contributed by atoms with Gasteiger partial charge in [0.05, 0.1) is 5.70 Å². The van der Waals surface area contributed by atoms with Gasteiger partial charge in [0, 0.05) is 6.04 Å². The molecule has 0 radical (unpaired) electrons. The molecule has 0 spiro atoms. The van der Waals surface area contributed by atoms with E-state index in [1.807, 2.05) is 0 Å². The van der Waals surface area contributed by atoms with Crippen molar-refractivity contribution in [1.82, 2.24) is 10.6 Å². The SMILES string of the molecule is C/C(NC1CCNCC1)=C1/OC(CC(F)(F)F)=NC1=N. The molecule has 2 aliphatic rings. The summed E-state index contributed by atoms with van der Waals surface area (Å²) in [6.07, 6.45) is -3.78. The van der Waals surface area contributed by atoms with Crippen molar-refractivity contribution < 1.29 is 17.9 Å². The Bertz CT molecular complexity index is 450. The Balaban J connectivity index is 1.98. The van der Waals surface area contributed by atoms with Crippen molar-refractivity contribution in [3.8, 4) is 0 Å². The molecular weight excluding hydrogens is 273 g/mol. The highest BCUT2D eigenvalue weighted by Crippen LogP contribution is 2.25. The number of rotatable bonds is 3. The van der Waals surface area contributed by atoms with E-state index in [-0.39, 0.29) is 17.6 Å². The summed E-state index contributed by atoms with van der Waals surface area (Å²) >= 11 is 0. The first-order chi connectivity index (χ1) is 9.35. The van der Waals surface area contributed by atoms with Gasteiger partial charge in [0.1, 0.15) is 6.42 Å². The first kappa shape index (κ1) is 14.8. The lowest BCUT2D eigenvalue weighted by Gasteiger charge is -2.25. The zero-order chi connectivity index (χ0) is 14.8. The average molecular weight is 290 g/mol. The number of ether oxygens (including phenoxy) is 1. The van der Waals surface area contributed by atoms with Crippen LogP contribution in [0, 0.1) is 5.41 Å². The Morgan fingerprint density at radius 3 is 2.70 bits per heavy atom. The molecule has 2 rings (SSSR count). The molecule has 3 N–H and O–H groups in total. The third-order valence-corrected chi connectivity index (χ3v) is 3.12. The summed E-state index contributed by atoms with van der Waals surface area (Å²) in [7, 11) is 0. The number of nitrogens with one attached hydrogen (secondary N) is 3. The van der Waals surface area contributed by atoms with Gasteiger partial charge < -0.3 is 15.4 Å². The van der Waals surface area contributed by atoms with E-state index in [4.69, 9.17) is 10.1 Å². The van der Waals surface area contributed by atoms with Gasteiger partial charge in [-0.15, -0.1) is 0 Å². The van der Waals surface area contributed by atoms with E-state index in [2.05, 4.69) is 15.6 Å². The van der Waals surface area contributed by atoms with Crippen molar-refractivity contribution in [2.24, 2.45) is 4.99 Å². The zero-order valence-electron chi connectivity index (χ0n) is 11.1. The molecule has 0 aromatic carbocycles. The maximum absolute atomic E-state index is 12.3. The molecule has 2 heterocycles. The molecule has 0 unspecified atom stereocenters. The highest BCUT2D eigenvalue weighted by atomic mass is 19.4. The highest BCUT2D eigenvalue weighted by molar-refractivity contribution is 6.08. The van der Waals surface area contributed by atoms with Gasteiger partial charge in [-0.05, 0) is 32.9 Å². The normalized spacial score (nSPS) is 23.4. The molecule has 1 fully saturated rings. The smallest absolute Gasteiger partial charge is 0.397 e. The van der Waals surface area contributed by atoms with E-state index < -0.39 is 18.5 Å². The minimum Gasteiger partial charge on any atom is -0.437 e. The van der Waals surface area contributed by atoms with Crippen LogP contribution in [-0.2, 0) is 4.74 Å². The second kappa shape index (κ2) is 5.82. The van der Waals surface area contributed by atoms with E-state index in [9.17, 15) is 13.2 Å². The average Bonchev–Trinajstić information content (AvgIpc) is 2.69. The van der Waals surface area contributed by atoms with Crippen LogP contribution in [0.1, 0.15) is 26.2 Å². The van der Waals surface area contributed by atoms with Crippen LogP contribution < -0.4 is 10.6 Å². The minimum atomic E-state index is -4.38. The Kier molecular flexibility index (Phi) is 4.32. The number of hydrogen-bond donors (Lipinski definition) is 3. The molecule has 0 bridgehead atoms. The van der Waals surface area contributed by atoms with Crippen LogP contribution in [-0.4, -0.2) is 37.0 Å². The molecule has 0 amide bonds. The molecule has 2 aliphatic heterocycles. The van der Waals surface area contributed by atoms with Crippen molar-refractivity contribution in [2.75, 3.05) is 13.1 Å². The maximum atomic E-state index is 12.3. The van der Waals surface area contributed by atoms with Gasteiger partial charge in [0.2, 0.25) is 5.90 Å². The summed E-state index contributed by atoms with van der Waals surface area (Å²) in [4.78, 5) is 3.52. The van der Waals surface area contributed by atoms with Crippen LogP contribution in [0.25, 0.3) is 0 Å². The summed E-state index contributed by atoms with van der Waals surface area (Å²) in [6.45, 7) is 3.49. The molecule has 0 aromatic rings. The molecule has 20 heavy (non-hydrogen) atoms. The third kappa shape index (κ3) is 3.96. The predicted octanol–water partition coefficient (Wildman–Crippen LogP) is 1.92. The Labute approximate surface area is 114 Å². The lowest BCUT2D eigenvalue weighted by atomic mass is 10.1. The highest BCUT2D eigenvalue weighted by Gasteiger charge is 2.35. The van der Waals surface area contributed by atoms with Gasteiger partial charge in [-0.3, -0.25) is 5.41 Å². The molecule has 1 saturated heterocycles. The fraction of sp³-hybridized carbons (Fsp3) is 0.667. The number of nitrogens with zero attached hydrogens (tertiary/aromatic N) is 1. The van der Waals surface area contributed by atoms with Crippen molar-refractivity contribution in [3.05, 3.63) is 11.5 Å². The van der Waals surface area contributed by atoms with Crippen LogP contribution in [0.5, 0.6) is 0 Å². The summed E-state index contributed by atoms with van der Waals surface area (Å²) in [5.41, 5.74) is 0.558. The van der Waals surface area contributed by atoms with Gasteiger partial charge in [0.15, 0.2) is 11.6 Å². The number of allylic oxidation sites excluding steroid dienone is 1. The van der Waals surface area contributed by atoms with E-state index in [0.29, 0.717) is 5.70 Å². The molecule has 5 nitrogen and oxygen atoms in total. The minimum absolute atomic E-state index is 0.0859. The van der Waals surface area contributed by atoms with Crippen LogP contribution in [0.15, 0.2) is 16.4 Å². The van der Waals surface area contributed by atoms with Crippen molar-refractivity contribution in [1.29, 1.82) is 5.41 Å². The number of halogens is 3. The van der Waals surface area contributed by atoms with Gasteiger partial charge in [-0.25, -0.2) is 0 Å². The number of hydrogen-bond acceptors (Lipinski definition) is 4. The fourth-order valence-electron chi connectivity index (χ4n) is 2.20. The summed E-state index contributed by atoms with van der Waals surface area (Å²) in [5.74, 6) is -0.644. The largest absolute Gasteiger partial charge is 0.437 e. The molecule has 112 valence electrons. The number of alkyl halides is 3. The zero-order valence-corrected chi connectivity index (χ0v) is 11.1. The van der Waals surface area contributed by atoms with Crippen molar-refractivity contribution >= 4 is 11.7 Å². The fourth-order valence-corrected chi connectivity index (χ4v) is 2.20. The number of amidine groups is 1. The summed E-state index contributed by atoms with van der Waals surface area (Å²) in [5, 5.41) is 14.0. The van der Waals surface area contributed by atoms with Crippen LogP contribution >= 0.6 is 0 Å². The topological polar surface area (TPSA) is 69.5 Å². The quantitative estimate of drug-likeness (QED) is 0.743. The van der Waals surface area contributed by atoms with Crippen molar-refractivity contribution in [3.63, 3.8) is 0 Å². The van der Waals surface area contributed by atoms with Crippen LogP contribution in [0.2, 0.25) is 0 Å². The first-order valence-electron chi connectivity index (χ1n) is 6.44. The van der Waals surface area contributed by atoms with E-state index >= 15 is 0 Å². The maximum Gasteiger partial charge on any atom is 0.397 e. The number of aliphatic imine (C=N–C) groups is 1. The summed E-state index contributed by atoms with van der Waals surface area (Å²) in [6, 6.07) is 0.242. The van der Waals surface area contributed by atoms with Gasteiger partial charge in [0.25, 0.3) is 0 Å². The monoisotopic (exact) mass is 290 g/mol.